The smallest absolute Gasteiger partial charge is 0.347 e. The van der Waals surface area contributed by atoms with Gasteiger partial charge in [-0.25, -0.2) is 4.79 Å². The molecule has 0 aliphatic carbocycles. The molecule has 0 unspecified atom stereocenters. The number of rotatable bonds is 8. The molecule has 0 radical (unpaired) electrons. The summed E-state index contributed by atoms with van der Waals surface area (Å²) < 4.78 is 16.5. The van der Waals surface area contributed by atoms with Gasteiger partial charge in [-0.2, -0.15) is 0 Å². The van der Waals surface area contributed by atoms with Crippen LogP contribution in [0.4, 0.5) is 0 Å². The van der Waals surface area contributed by atoms with Crippen LogP contribution < -0.4 is 14.2 Å². The number of ether oxygens (including phenoxy) is 3. The Balaban J connectivity index is 2.47. The van der Waals surface area contributed by atoms with Crippen LogP contribution in [0.15, 0.2) is 36.4 Å². The standard InChI is InChI=1S/C20H22O5/c1-4-5-11-24-19-15(13-21)12-17(23-3)14(2)18(19)20(22)25-16-9-7-6-8-10-16/h6-10,12-13H,4-5,11H2,1-3H3. The van der Waals surface area contributed by atoms with Gasteiger partial charge in [-0.05, 0) is 31.5 Å². The minimum atomic E-state index is -0.586. The minimum absolute atomic E-state index is 0.210. The molecule has 25 heavy (non-hydrogen) atoms. The normalized spacial score (nSPS) is 10.2. The second kappa shape index (κ2) is 8.87. The summed E-state index contributed by atoms with van der Waals surface area (Å²) in [4.78, 5) is 24.2. The number of carbonyl (C=O) groups excluding carboxylic acids is 2. The van der Waals surface area contributed by atoms with Crippen molar-refractivity contribution in [3.8, 4) is 17.2 Å². The van der Waals surface area contributed by atoms with Crippen molar-refractivity contribution in [3.05, 3.63) is 53.1 Å². The number of hydrogen-bond acceptors (Lipinski definition) is 5. The van der Waals surface area contributed by atoms with E-state index in [2.05, 4.69) is 0 Å². The average Bonchev–Trinajstić information content (AvgIpc) is 2.63. The fraction of sp³-hybridized carbons (Fsp3) is 0.300. The van der Waals surface area contributed by atoms with Gasteiger partial charge in [-0.3, -0.25) is 4.79 Å². The first-order chi connectivity index (χ1) is 12.1. The number of methoxy groups -OCH3 is 1. The lowest BCUT2D eigenvalue weighted by molar-refractivity contribution is 0.0728. The van der Waals surface area contributed by atoms with Crippen LogP contribution in [0.1, 0.15) is 46.0 Å². The molecular formula is C20H22O5. The monoisotopic (exact) mass is 342 g/mol. The van der Waals surface area contributed by atoms with E-state index < -0.39 is 5.97 Å². The Morgan fingerprint density at radius 1 is 1.20 bits per heavy atom. The van der Waals surface area contributed by atoms with Crippen molar-refractivity contribution >= 4 is 12.3 Å². The highest BCUT2D eigenvalue weighted by molar-refractivity contribution is 5.99. The first-order valence-corrected chi connectivity index (χ1v) is 8.19. The number of aldehydes is 1. The Morgan fingerprint density at radius 3 is 2.52 bits per heavy atom. The molecule has 0 saturated carbocycles. The summed E-state index contributed by atoms with van der Waals surface area (Å²) in [6.07, 6.45) is 2.41. The van der Waals surface area contributed by atoms with Crippen LogP contribution >= 0.6 is 0 Å². The van der Waals surface area contributed by atoms with Crippen LogP contribution in [0, 0.1) is 6.92 Å². The number of carbonyl (C=O) groups is 2. The highest BCUT2D eigenvalue weighted by Gasteiger charge is 2.24. The summed E-state index contributed by atoms with van der Waals surface area (Å²) in [6, 6.07) is 10.3. The summed E-state index contributed by atoms with van der Waals surface area (Å²) in [6.45, 7) is 4.18. The molecule has 0 amide bonds. The molecule has 0 aliphatic rings. The zero-order chi connectivity index (χ0) is 18.2. The van der Waals surface area contributed by atoms with Crippen molar-refractivity contribution in [2.45, 2.75) is 26.7 Å². The number of hydrogen-bond donors (Lipinski definition) is 0. The van der Waals surface area contributed by atoms with Gasteiger partial charge in [0.2, 0.25) is 0 Å². The molecule has 2 rings (SSSR count). The van der Waals surface area contributed by atoms with Gasteiger partial charge >= 0.3 is 5.97 Å². The van der Waals surface area contributed by atoms with E-state index >= 15 is 0 Å². The van der Waals surface area contributed by atoms with Crippen LogP contribution in [0.25, 0.3) is 0 Å². The summed E-state index contributed by atoms with van der Waals surface area (Å²) >= 11 is 0. The average molecular weight is 342 g/mol. The molecule has 2 aromatic rings. The fourth-order valence-corrected chi connectivity index (χ4v) is 2.42. The predicted octanol–water partition coefficient (Wildman–Crippen LogP) is 4.21. The fourth-order valence-electron chi connectivity index (χ4n) is 2.42. The maximum atomic E-state index is 12.8. The third-order valence-corrected chi connectivity index (χ3v) is 3.77. The first kappa shape index (κ1) is 18.5. The zero-order valence-corrected chi connectivity index (χ0v) is 14.7. The van der Waals surface area contributed by atoms with Gasteiger partial charge in [-0.15, -0.1) is 0 Å². The molecule has 0 aliphatic heterocycles. The molecule has 0 N–H and O–H groups in total. The third-order valence-electron chi connectivity index (χ3n) is 3.77. The van der Waals surface area contributed by atoms with Gasteiger partial charge in [0, 0.05) is 5.56 Å². The molecular weight excluding hydrogens is 320 g/mol. The van der Waals surface area contributed by atoms with E-state index in [4.69, 9.17) is 14.2 Å². The Kier molecular flexibility index (Phi) is 6.57. The molecule has 0 spiro atoms. The van der Waals surface area contributed by atoms with Crippen molar-refractivity contribution in [3.63, 3.8) is 0 Å². The molecule has 5 heteroatoms. The molecule has 0 bridgehead atoms. The largest absolute Gasteiger partial charge is 0.496 e. The topological polar surface area (TPSA) is 61.8 Å². The van der Waals surface area contributed by atoms with Gasteiger partial charge in [0.15, 0.2) is 6.29 Å². The lowest BCUT2D eigenvalue weighted by Gasteiger charge is -2.17. The van der Waals surface area contributed by atoms with E-state index in [1.807, 2.05) is 13.0 Å². The summed E-state index contributed by atoms with van der Waals surface area (Å²) in [7, 11) is 1.49. The minimum Gasteiger partial charge on any atom is -0.496 e. The summed E-state index contributed by atoms with van der Waals surface area (Å²) in [5.74, 6) is 0.506. The SMILES string of the molecule is CCCCOc1c(C=O)cc(OC)c(C)c1C(=O)Oc1ccccc1. The maximum absolute atomic E-state index is 12.8. The molecule has 0 fully saturated rings. The van der Waals surface area contributed by atoms with Crippen LogP contribution in [0.2, 0.25) is 0 Å². The van der Waals surface area contributed by atoms with Crippen LogP contribution in [-0.2, 0) is 0 Å². The van der Waals surface area contributed by atoms with E-state index in [9.17, 15) is 9.59 Å². The van der Waals surface area contributed by atoms with Crippen LogP contribution in [-0.4, -0.2) is 26.0 Å². The van der Waals surface area contributed by atoms with E-state index in [0.717, 1.165) is 12.8 Å². The zero-order valence-electron chi connectivity index (χ0n) is 14.7. The lowest BCUT2D eigenvalue weighted by atomic mass is 10.0. The Labute approximate surface area is 147 Å². The quantitative estimate of drug-likeness (QED) is 0.311. The van der Waals surface area contributed by atoms with Crippen molar-refractivity contribution in [1.82, 2.24) is 0 Å². The van der Waals surface area contributed by atoms with Gasteiger partial charge in [-0.1, -0.05) is 31.5 Å². The molecule has 2 aromatic carbocycles. The molecule has 0 atom stereocenters. The molecule has 5 nitrogen and oxygen atoms in total. The number of para-hydroxylation sites is 1. The van der Waals surface area contributed by atoms with Crippen molar-refractivity contribution in [1.29, 1.82) is 0 Å². The Bertz CT molecular complexity index is 737. The van der Waals surface area contributed by atoms with Crippen LogP contribution in [0.5, 0.6) is 17.2 Å². The van der Waals surface area contributed by atoms with E-state index in [0.29, 0.717) is 30.0 Å². The Hall–Kier alpha value is -2.82. The molecule has 0 saturated heterocycles. The third kappa shape index (κ3) is 4.38. The maximum Gasteiger partial charge on any atom is 0.347 e. The van der Waals surface area contributed by atoms with Crippen LogP contribution in [0.3, 0.4) is 0 Å². The van der Waals surface area contributed by atoms with Gasteiger partial charge in [0.1, 0.15) is 22.8 Å². The number of unbranched alkanes of at least 4 members (excludes halogenated alkanes) is 1. The number of benzene rings is 2. The predicted molar refractivity (Wildman–Crippen MR) is 94.9 cm³/mol. The second-order valence-electron chi connectivity index (χ2n) is 5.52. The van der Waals surface area contributed by atoms with Gasteiger partial charge in [0.25, 0.3) is 0 Å². The van der Waals surface area contributed by atoms with E-state index in [1.54, 1.807) is 37.3 Å². The van der Waals surface area contributed by atoms with Gasteiger partial charge in [0.05, 0.1) is 19.3 Å². The summed E-state index contributed by atoms with van der Waals surface area (Å²) in [5.41, 5.74) is 1.04. The molecule has 0 aromatic heterocycles. The lowest BCUT2D eigenvalue weighted by Crippen LogP contribution is -2.15. The summed E-state index contributed by atoms with van der Waals surface area (Å²) in [5, 5.41) is 0. The van der Waals surface area contributed by atoms with Crippen molar-refractivity contribution in [2.75, 3.05) is 13.7 Å². The second-order valence-corrected chi connectivity index (χ2v) is 5.52. The van der Waals surface area contributed by atoms with E-state index in [-0.39, 0.29) is 16.9 Å². The molecule has 0 heterocycles. The van der Waals surface area contributed by atoms with E-state index in [1.165, 1.54) is 7.11 Å². The highest BCUT2D eigenvalue weighted by Crippen LogP contribution is 2.34. The molecule has 132 valence electrons. The number of esters is 1. The first-order valence-electron chi connectivity index (χ1n) is 8.19. The highest BCUT2D eigenvalue weighted by atomic mass is 16.5. The van der Waals surface area contributed by atoms with Crippen molar-refractivity contribution < 1.29 is 23.8 Å². The van der Waals surface area contributed by atoms with Gasteiger partial charge < -0.3 is 14.2 Å². The Morgan fingerprint density at radius 2 is 1.92 bits per heavy atom. The van der Waals surface area contributed by atoms with Crippen molar-refractivity contribution in [2.24, 2.45) is 0 Å².